The molecule has 1 aromatic rings. The number of anilines is 1. The van der Waals surface area contributed by atoms with Gasteiger partial charge in [0.05, 0.1) is 17.8 Å². The van der Waals surface area contributed by atoms with E-state index in [0.717, 1.165) is 4.31 Å². The van der Waals surface area contributed by atoms with Gasteiger partial charge >= 0.3 is 10.3 Å². The summed E-state index contributed by atoms with van der Waals surface area (Å²) >= 11 is 0. The molecule has 0 spiro atoms. The molecule has 2 rings (SSSR count). The number of aromatic hydroxyl groups is 1. The highest BCUT2D eigenvalue weighted by molar-refractivity contribution is 7.87. The van der Waals surface area contributed by atoms with Crippen LogP contribution in [-0.4, -0.2) is 29.7 Å². The average molecular weight is 271 g/mol. The van der Waals surface area contributed by atoms with E-state index < -0.39 is 10.3 Å². The summed E-state index contributed by atoms with van der Waals surface area (Å²) in [7, 11) is -4.45. The Morgan fingerprint density at radius 2 is 2.00 bits per heavy atom. The molecule has 6 nitrogen and oxygen atoms in total. The number of benzene rings is 1. The smallest absolute Gasteiger partial charge is 0.360 e. The Bertz CT molecular complexity index is 621. The number of hydrogen-bond donors (Lipinski definition) is 3. The molecule has 0 atom stereocenters. The van der Waals surface area contributed by atoms with Crippen molar-refractivity contribution in [2.45, 2.75) is 13.3 Å². The van der Waals surface area contributed by atoms with Gasteiger partial charge in [-0.25, -0.2) is 4.31 Å². The molecule has 1 aliphatic heterocycles. The lowest BCUT2D eigenvalue weighted by Gasteiger charge is -2.28. The highest BCUT2D eigenvalue weighted by atomic mass is 32.2. The second-order valence-electron chi connectivity index (χ2n) is 3.92. The Morgan fingerprint density at radius 3 is 2.56 bits per heavy atom. The van der Waals surface area contributed by atoms with E-state index in [1.165, 1.54) is 12.1 Å². The highest BCUT2D eigenvalue weighted by Gasteiger charge is 2.30. The zero-order chi connectivity index (χ0) is 13.5. The number of rotatable bonds is 2. The summed E-state index contributed by atoms with van der Waals surface area (Å²) in [5, 5.41) is 19.5. The van der Waals surface area contributed by atoms with E-state index in [0.29, 0.717) is 12.0 Å². The molecular formula is C11H13NO5S. The molecule has 0 aromatic heterocycles. The van der Waals surface area contributed by atoms with E-state index in [1.807, 2.05) is 6.92 Å². The van der Waals surface area contributed by atoms with Gasteiger partial charge in [0.2, 0.25) is 0 Å². The minimum atomic E-state index is -4.45. The molecule has 0 radical (unpaired) electrons. The Kier molecular flexibility index (Phi) is 2.95. The fraction of sp³-hybridized carbons (Fsp3) is 0.273. The van der Waals surface area contributed by atoms with Crippen LogP contribution < -0.4 is 4.31 Å². The molecule has 3 N–H and O–H groups in total. The molecule has 0 bridgehead atoms. The predicted octanol–water partition coefficient (Wildman–Crippen LogP) is 1.48. The zero-order valence-electron chi connectivity index (χ0n) is 9.66. The summed E-state index contributed by atoms with van der Waals surface area (Å²) in [6, 6.07) is 2.94. The lowest BCUT2D eigenvalue weighted by molar-refractivity contribution is 0.457. The van der Waals surface area contributed by atoms with Crippen LogP contribution in [0.15, 0.2) is 18.2 Å². The van der Waals surface area contributed by atoms with Crippen molar-refractivity contribution in [3.63, 3.8) is 0 Å². The standard InChI is InChI=1S/C11H13NO5S/c1-2-7-3-4-8(13)10-9(14)5-6-12(11(7)10)18(15,16)17/h3-5,13-14H,2,6H2,1H3,(H,15,16,17). The van der Waals surface area contributed by atoms with Crippen molar-refractivity contribution in [1.82, 2.24) is 0 Å². The van der Waals surface area contributed by atoms with Gasteiger partial charge in [-0.2, -0.15) is 8.42 Å². The molecule has 18 heavy (non-hydrogen) atoms. The van der Waals surface area contributed by atoms with Gasteiger partial charge in [-0.05, 0) is 24.1 Å². The average Bonchev–Trinajstić information content (AvgIpc) is 2.28. The number of aliphatic hydroxyl groups is 1. The molecule has 98 valence electrons. The van der Waals surface area contributed by atoms with E-state index in [2.05, 4.69) is 0 Å². The summed E-state index contributed by atoms with van der Waals surface area (Å²) < 4.78 is 32.6. The fourth-order valence-electron chi connectivity index (χ4n) is 2.02. The largest absolute Gasteiger partial charge is 0.507 e. The molecule has 1 heterocycles. The number of phenols is 1. The van der Waals surface area contributed by atoms with Crippen LogP contribution in [0.4, 0.5) is 5.69 Å². The van der Waals surface area contributed by atoms with Crippen LogP contribution in [0, 0.1) is 0 Å². The number of phenolic OH excluding ortho intramolecular Hbond substituents is 1. The molecule has 1 aliphatic rings. The zero-order valence-corrected chi connectivity index (χ0v) is 10.5. The Labute approximate surface area is 105 Å². The van der Waals surface area contributed by atoms with Crippen molar-refractivity contribution >= 4 is 21.8 Å². The van der Waals surface area contributed by atoms with E-state index in [4.69, 9.17) is 0 Å². The van der Waals surface area contributed by atoms with Gasteiger partial charge in [0, 0.05) is 0 Å². The first-order valence-electron chi connectivity index (χ1n) is 5.35. The second-order valence-corrected chi connectivity index (χ2v) is 5.26. The van der Waals surface area contributed by atoms with Crippen molar-refractivity contribution in [3.05, 3.63) is 29.3 Å². The van der Waals surface area contributed by atoms with Gasteiger partial charge in [-0.15, -0.1) is 0 Å². The Balaban J connectivity index is 2.79. The molecule has 0 aliphatic carbocycles. The van der Waals surface area contributed by atoms with Crippen molar-refractivity contribution in [3.8, 4) is 5.75 Å². The van der Waals surface area contributed by atoms with Crippen LogP contribution in [-0.2, 0) is 16.7 Å². The molecule has 1 aromatic carbocycles. The number of hydrogen-bond acceptors (Lipinski definition) is 4. The minimum Gasteiger partial charge on any atom is -0.507 e. The van der Waals surface area contributed by atoms with E-state index in [9.17, 15) is 23.2 Å². The number of aliphatic hydroxyl groups excluding tert-OH is 1. The molecule has 0 saturated carbocycles. The lowest BCUT2D eigenvalue weighted by Crippen LogP contribution is -2.34. The predicted molar refractivity (Wildman–Crippen MR) is 67.0 cm³/mol. The number of fused-ring (bicyclic) bond motifs is 1. The highest BCUT2D eigenvalue weighted by Crippen LogP contribution is 2.40. The van der Waals surface area contributed by atoms with Crippen LogP contribution >= 0.6 is 0 Å². The van der Waals surface area contributed by atoms with Crippen molar-refractivity contribution < 1.29 is 23.2 Å². The molecule has 7 heteroatoms. The molecular weight excluding hydrogens is 258 g/mol. The van der Waals surface area contributed by atoms with Gasteiger partial charge in [-0.1, -0.05) is 13.0 Å². The maximum atomic E-state index is 11.3. The van der Waals surface area contributed by atoms with Crippen LogP contribution in [0.25, 0.3) is 5.76 Å². The maximum Gasteiger partial charge on any atom is 0.360 e. The first-order chi connectivity index (χ1) is 8.36. The van der Waals surface area contributed by atoms with Crippen LogP contribution in [0.2, 0.25) is 0 Å². The fourth-order valence-corrected chi connectivity index (χ4v) is 2.72. The quantitative estimate of drug-likeness (QED) is 0.708. The summed E-state index contributed by atoms with van der Waals surface area (Å²) in [6.07, 6.45) is 1.72. The maximum absolute atomic E-state index is 11.3. The van der Waals surface area contributed by atoms with E-state index >= 15 is 0 Å². The third-order valence-electron chi connectivity index (χ3n) is 2.85. The second kappa shape index (κ2) is 4.18. The summed E-state index contributed by atoms with van der Waals surface area (Å²) in [5.41, 5.74) is 0.762. The van der Waals surface area contributed by atoms with E-state index in [1.54, 1.807) is 6.07 Å². The topological polar surface area (TPSA) is 98.1 Å². The summed E-state index contributed by atoms with van der Waals surface area (Å²) in [6.45, 7) is 1.64. The lowest BCUT2D eigenvalue weighted by atomic mass is 10.00. The molecule has 0 unspecified atom stereocenters. The van der Waals surface area contributed by atoms with Crippen LogP contribution in [0.5, 0.6) is 5.75 Å². The monoisotopic (exact) mass is 271 g/mol. The van der Waals surface area contributed by atoms with Gasteiger partial charge in [-0.3, -0.25) is 4.55 Å². The summed E-state index contributed by atoms with van der Waals surface area (Å²) in [5.74, 6) is -0.429. The Morgan fingerprint density at radius 1 is 1.33 bits per heavy atom. The first kappa shape index (κ1) is 12.7. The van der Waals surface area contributed by atoms with Crippen molar-refractivity contribution in [1.29, 1.82) is 0 Å². The van der Waals surface area contributed by atoms with Crippen molar-refractivity contribution in [2.75, 3.05) is 10.8 Å². The van der Waals surface area contributed by atoms with E-state index in [-0.39, 0.29) is 29.3 Å². The molecule has 0 fully saturated rings. The Hall–Kier alpha value is -1.73. The van der Waals surface area contributed by atoms with Gasteiger partial charge in [0.15, 0.2) is 0 Å². The molecule has 0 saturated heterocycles. The third kappa shape index (κ3) is 1.91. The number of nitrogens with zero attached hydrogens (tertiary/aromatic N) is 1. The van der Waals surface area contributed by atoms with Crippen LogP contribution in [0.3, 0.4) is 0 Å². The van der Waals surface area contributed by atoms with Crippen molar-refractivity contribution in [2.24, 2.45) is 0 Å². The van der Waals surface area contributed by atoms with Gasteiger partial charge < -0.3 is 10.2 Å². The van der Waals surface area contributed by atoms with Gasteiger partial charge in [0.1, 0.15) is 11.5 Å². The molecule has 0 amide bonds. The summed E-state index contributed by atoms with van der Waals surface area (Å²) in [4.78, 5) is 0. The van der Waals surface area contributed by atoms with Gasteiger partial charge in [0.25, 0.3) is 0 Å². The SMILES string of the molecule is CCc1ccc(O)c2c1N(S(=O)(=O)O)CC=C2O. The normalized spacial score (nSPS) is 15.2. The minimum absolute atomic E-state index is 0.0261. The first-order valence-corrected chi connectivity index (χ1v) is 6.75. The number of aryl methyl sites for hydroxylation is 1. The third-order valence-corrected chi connectivity index (χ3v) is 3.74. The van der Waals surface area contributed by atoms with Crippen LogP contribution in [0.1, 0.15) is 18.1 Å².